The average Bonchev–Trinajstić information content (AvgIpc) is 2.86. The zero-order valence-corrected chi connectivity index (χ0v) is 18.3. The molecule has 1 fully saturated rings. The molecule has 9 nitrogen and oxygen atoms in total. The third-order valence-electron chi connectivity index (χ3n) is 6.02. The number of morpholine rings is 1. The minimum Gasteiger partial charge on any atom is -0.476 e. The number of hydrogen-bond acceptors (Lipinski definition) is 6. The summed E-state index contributed by atoms with van der Waals surface area (Å²) in [7, 11) is 1.57. The smallest absolute Gasteiger partial charge is 0.274 e. The molecule has 1 saturated heterocycles. The van der Waals surface area contributed by atoms with Crippen LogP contribution < -0.4 is 15.2 Å². The Bertz CT molecular complexity index is 1280. The number of benzene rings is 2. The van der Waals surface area contributed by atoms with Crippen LogP contribution in [0.3, 0.4) is 0 Å². The molecule has 2 amide bonds. The molecular weight excluding hydrogens is 424 g/mol. The first kappa shape index (κ1) is 21.1. The minimum atomic E-state index is -0.799. The van der Waals surface area contributed by atoms with Crippen LogP contribution in [-0.2, 0) is 27.8 Å². The van der Waals surface area contributed by atoms with Crippen LogP contribution in [0.25, 0.3) is 10.8 Å². The average molecular weight is 448 g/mol. The minimum absolute atomic E-state index is 0.0125. The summed E-state index contributed by atoms with van der Waals surface area (Å²) in [4.78, 5) is 42.4. The van der Waals surface area contributed by atoms with Crippen LogP contribution in [0.15, 0.2) is 53.3 Å². The molecule has 1 aromatic heterocycles. The van der Waals surface area contributed by atoms with Crippen LogP contribution in [0, 0.1) is 0 Å². The number of rotatable bonds is 3. The van der Waals surface area contributed by atoms with Gasteiger partial charge in [0.1, 0.15) is 5.75 Å². The first-order chi connectivity index (χ1) is 16.0. The molecule has 0 radical (unpaired) electrons. The Morgan fingerprint density at radius 1 is 1.03 bits per heavy atom. The molecule has 170 valence electrons. The molecule has 9 heteroatoms. The summed E-state index contributed by atoms with van der Waals surface area (Å²) >= 11 is 0. The van der Waals surface area contributed by atoms with Gasteiger partial charge in [-0.05, 0) is 18.2 Å². The number of amides is 2. The molecule has 3 heterocycles. The fraction of sp³-hybridized carbons (Fsp3) is 0.333. The zero-order valence-electron chi connectivity index (χ0n) is 18.3. The molecule has 0 N–H and O–H groups in total. The maximum Gasteiger partial charge on any atom is 0.274 e. The van der Waals surface area contributed by atoms with E-state index in [1.807, 2.05) is 18.2 Å². The number of carbonyl (C=O) groups excluding carboxylic acids is 2. The van der Waals surface area contributed by atoms with E-state index in [0.29, 0.717) is 54.2 Å². The Morgan fingerprint density at radius 3 is 2.52 bits per heavy atom. The van der Waals surface area contributed by atoms with Crippen molar-refractivity contribution in [2.75, 3.05) is 37.7 Å². The molecule has 0 unspecified atom stereocenters. The van der Waals surface area contributed by atoms with Gasteiger partial charge in [-0.25, -0.2) is 4.68 Å². The molecule has 2 aliphatic rings. The third kappa shape index (κ3) is 3.95. The van der Waals surface area contributed by atoms with E-state index in [1.165, 1.54) is 4.68 Å². The largest absolute Gasteiger partial charge is 0.476 e. The molecule has 3 aromatic rings. The highest BCUT2D eigenvalue weighted by Crippen LogP contribution is 2.34. The van der Waals surface area contributed by atoms with Crippen molar-refractivity contribution in [1.82, 2.24) is 14.7 Å². The molecular formula is C24H24N4O5. The number of carbonyl (C=O) groups is 2. The van der Waals surface area contributed by atoms with Crippen LogP contribution >= 0.6 is 0 Å². The molecule has 0 aliphatic carbocycles. The van der Waals surface area contributed by atoms with Crippen molar-refractivity contribution in [3.63, 3.8) is 0 Å². The van der Waals surface area contributed by atoms with Crippen LogP contribution in [0.2, 0.25) is 0 Å². The number of aryl methyl sites for hydroxylation is 1. The lowest BCUT2D eigenvalue weighted by Crippen LogP contribution is -2.54. The van der Waals surface area contributed by atoms with Gasteiger partial charge in [-0.1, -0.05) is 30.3 Å². The Morgan fingerprint density at radius 2 is 1.73 bits per heavy atom. The van der Waals surface area contributed by atoms with Gasteiger partial charge in [-0.2, -0.15) is 5.10 Å². The van der Waals surface area contributed by atoms with E-state index in [1.54, 1.807) is 47.2 Å². The first-order valence-corrected chi connectivity index (χ1v) is 10.9. The normalized spacial score (nSPS) is 18.0. The van der Waals surface area contributed by atoms with Gasteiger partial charge in [0, 0.05) is 25.5 Å². The van der Waals surface area contributed by atoms with Crippen molar-refractivity contribution in [2.45, 2.75) is 12.5 Å². The fourth-order valence-electron chi connectivity index (χ4n) is 4.33. The highest BCUT2D eigenvalue weighted by Gasteiger charge is 2.36. The number of hydrogen-bond donors (Lipinski definition) is 0. The van der Waals surface area contributed by atoms with Gasteiger partial charge in [0.05, 0.1) is 42.9 Å². The SMILES string of the molecule is Cn1nc(CC(=O)N2C[C@H](C(=O)N3CCOCC3)Oc3ccccc32)c2ccccc2c1=O. The number of fused-ring (bicyclic) bond motifs is 2. The van der Waals surface area contributed by atoms with Crippen molar-refractivity contribution in [1.29, 1.82) is 0 Å². The predicted octanol–water partition coefficient (Wildman–Crippen LogP) is 1.13. The van der Waals surface area contributed by atoms with Gasteiger partial charge >= 0.3 is 0 Å². The fourth-order valence-corrected chi connectivity index (χ4v) is 4.33. The van der Waals surface area contributed by atoms with E-state index in [2.05, 4.69) is 5.10 Å². The lowest BCUT2D eigenvalue weighted by molar-refractivity contribution is -0.142. The summed E-state index contributed by atoms with van der Waals surface area (Å²) < 4.78 is 12.6. The van der Waals surface area contributed by atoms with Crippen molar-refractivity contribution in [2.24, 2.45) is 7.05 Å². The molecule has 2 aromatic carbocycles. The van der Waals surface area contributed by atoms with E-state index in [9.17, 15) is 14.4 Å². The number of ether oxygens (including phenoxy) is 2. The lowest BCUT2D eigenvalue weighted by Gasteiger charge is -2.37. The summed E-state index contributed by atoms with van der Waals surface area (Å²) in [6.45, 7) is 2.09. The molecule has 0 spiro atoms. The van der Waals surface area contributed by atoms with Gasteiger partial charge in [0.15, 0.2) is 6.10 Å². The molecule has 33 heavy (non-hydrogen) atoms. The Hall–Kier alpha value is -3.72. The number of nitrogens with zero attached hydrogens (tertiary/aromatic N) is 4. The Labute approximate surface area is 190 Å². The van der Waals surface area contributed by atoms with E-state index in [4.69, 9.17) is 9.47 Å². The maximum absolute atomic E-state index is 13.5. The Balaban J connectivity index is 1.46. The van der Waals surface area contributed by atoms with Gasteiger partial charge < -0.3 is 19.3 Å². The molecule has 0 bridgehead atoms. The van der Waals surface area contributed by atoms with E-state index in [-0.39, 0.29) is 30.3 Å². The van der Waals surface area contributed by atoms with Crippen LogP contribution in [0.5, 0.6) is 5.75 Å². The highest BCUT2D eigenvalue weighted by atomic mass is 16.5. The first-order valence-electron chi connectivity index (χ1n) is 10.9. The van der Waals surface area contributed by atoms with Gasteiger partial charge in [-0.15, -0.1) is 0 Å². The highest BCUT2D eigenvalue weighted by molar-refractivity contribution is 6.00. The van der Waals surface area contributed by atoms with Crippen LogP contribution in [0.1, 0.15) is 5.69 Å². The summed E-state index contributed by atoms with van der Waals surface area (Å²) in [5.41, 5.74) is 0.912. The van der Waals surface area contributed by atoms with Crippen molar-refractivity contribution in [3.05, 3.63) is 64.6 Å². The topological polar surface area (TPSA) is 94.0 Å². The summed E-state index contributed by atoms with van der Waals surface area (Å²) in [6.07, 6.45) is -0.812. The quantitative estimate of drug-likeness (QED) is 0.596. The number of anilines is 1. The maximum atomic E-state index is 13.5. The predicted molar refractivity (Wildman–Crippen MR) is 121 cm³/mol. The van der Waals surface area contributed by atoms with Crippen LogP contribution in [0.4, 0.5) is 5.69 Å². The standard InChI is InChI=1S/C24H24N4O5/c1-26-23(30)17-7-3-2-6-16(17)18(25-26)14-22(29)28-15-21(24(31)27-10-12-32-13-11-27)33-20-9-5-4-8-19(20)28/h2-9,21H,10-15H2,1H3/t21-/m1/s1. The second-order valence-electron chi connectivity index (χ2n) is 8.11. The molecule has 1 atom stereocenters. The summed E-state index contributed by atoms with van der Waals surface area (Å²) in [5, 5.41) is 5.52. The summed E-state index contributed by atoms with van der Waals surface area (Å²) in [6, 6.07) is 14.3. The number of para-hydroxylation sites is 2. The Kier molecular flexibility index (Phi) is 5.55. The number of aromatic nitrogens is 2. The van der Waals surface area contributed by atoms with E-state index < -0.39 is 6.10 Å². The van der Waals surface area contributed by atoms with Gasteiger partial charge in [0.2, 0.25) is 5.91 Å². The van der Waals surface area contributed by atoms with E-state index in [0.717, 1.165) is 0 Å². The zero-order chi connectivity index (χ0) is 22.9. The van der Waals surface area contributed by atoms with Crippen molar-refractivity contribution in [3.8, 4) is 5.75 Å². The molecule has 2 aliphatic heterocycles. The van der Waals surface area contributed by atoms with Crippen molar-refractivity contribution < 1.29 is 19.1 Å². The lowest BCUT2D eigenvalue weighted by atomic mass is 10.1. The van der Waals surface area contributed by atoms with Gasteiger partial charge in [0.25, 0.3) is 11.5 Å². The molecule has 5 rings (SSSR count). The van der Waals surface area contributed by atoms with E-state index >= 15 is 0 Å². The second kappa shape index (κ2) is 8.67. The third-order valence-corrected chi connectivity index (χ3v) is 6.02. The summed E-state index contributed by atoms with van der Waals surface area (Å²) in [5.74, 6) is 0.111. The molecule has 0 saturated carbocycles. The van der Waals surface area contributed by atoms with Crippen molar-refractivity contribution >= 4 is 28.3 Å². The van der Waals surface area contributed by atoms with Crippen LogP contribution in [-0.4, -0.2) is 65.4 Å². The monoisotopic (exact) mass is 448 g/mol. The van der Waals surface area contributed by atoms with Gasteiger partial charge in [-0.3, -0.25) is 14.4 Å². The second-order valence-corrected chi connectivity index (χ2v) is 8.11.